The number of fused-ring (bicyclic) bond motifs is 1. The molecule has 0 aliphatic heterocycles. The fraction of sp³-hybridized carbons (Fsp3) is 0.100. The number of hydrogen-bond acceptors (Lipinski definition) is 2. The Morgan fingerprint density at radius 1 is 1.36 bits per heavy atom. The van der Waals surface area contributed by atoms with Gasteiger partial charge in [0.05, 0.1) is 17.6 Å². The van der Waals surface area contributed by atoms with Crippen LogP contribution in [0, 0.1) is 5.82 Å². The van der Waals surface area contributed by atoms with E-state index in [0.717, 1.165) is 5.39 Å². The summed E-state index contributed by atoms with van der Waals surface area (Å²) in [7, 11) is 1.42. The Kier molecular flexibility index (Phi) is 2.25. The minimum absolute atomic E-state index is 0.196. The van der Waals surface area contributed by atoms with E-state index >= 15 is 0 Å². The zero-order valence-electron chi connectivity index (χ0n) is 7.42. The van der Waals surface area contributed by atoms with Crippen LogP contribution in [0.3, 0.4) is 0 Å². The van der Waals surface area contributed by atoms with Crippen LogP contribution in [0.1, 0.15) is 0 Å². The van der Waals surface area contributed by atoms with Crippen molar-refractivity contribution in [2.75, 3.05) is 7.11 Å². The molecule has 1 heterocycles. The van der Waals surface area contributed by atoms with E-state index in [1.807, 2.05) is 0 Å². The molecule has 2 rings (SSSR count). The SMILES string of the molecule is COc1cc2cc(Cl)cnc2cc1F. The summed E-state index contributed by atoms with van der Waals surface area (Å²) in [5.74, 6) is -0.226. The predicted octanol–water partition coefficient (Wildman–Crippen LogP) is 3.04. The van der Waals surface area contributed by atoms with Crippen LogP contribution in [0.5, 0.6) is 5.75 Å². The van der Waals surface area contributed by atoms with Crippen molar-refractivity contribution in [1.29, 1.82) is 0 Å². The van der Waals surface area contributed by atoms with Gasteiger partial charge in [-0.1, -0.05) is 11.6 Å². The smallest absolute Gasteiger partial charge is 0.167 e. The first-order chi connectivity index (χ1) is 6.70. The molecule has 0 spiro atoms. The summed E-state index contributed by atoms with van der Waals surface area (Å²) in [6, 6.07) is 4.61. The van der Waals surface area contributed by atoms with Gasteiger partial charge in [0.1, 0.15) is 0 Å². The summed E-state index contributed by atoms with van der Waals surface area (Å²) >= 11 is 5.76. The summed E-state index contributed by atoms with van der Waals surface area (Å²) in [4.78, 5) is 3.99. The molecule has 0 fully saturated rings. The van der Waals surface area contributed by atoms with Crippen LogP contribution in [0.2, 0.25) is 5.02 Å². The average Bonchev–Trinajstić information content (AvgIpc) is 2.17. The summed E-state index contributed by atoms with van der Waals surface area (Å²) < 4.78 is 18.1. The van der Waals surface area contributed by atoms with Gasteiger partial charge >= 0.3 is 0 Å². The third kappa shape index (κ3) is 1.51. The second-order valence-electron chi connectivity index (χ2n) is 2.83. The number of rotatable bonds is 1. The molecule has 0 N–H and O–H groups in total. The van der Waals surface area contributed by atoms with Crippen LogP contribution in [-0.4, -0.2) is 12.1 Å². The van der Waals surface area contributed by atoms with Gasteiger partial charge in [0.25, 0.3) is 0 Å². The highest BCUT2D eigenvalue weighted by Crippen LogP contribution is 2.24. The van der Waals surface area contributed by atoms with Crippen molar-refractivity contribution in [2.45, 2.75) is 0 Å². The van der Waals surface area contributed by atoms with E-state index in [2.05, 4.69) is 4.98 Å². The van der Waals surface area contributed by atoms with Gasteiger partial charge in [0.15, 0.2) is 11.6 Å². The standard InChI is InChI=1S/C10H7ClFNO/c1-14-10-3-6-2-7(11)5-13-9(6)4-8(10)12/h2-5H,1H3. The number of benzene rings is 1. The van der Waals surface area contributed by atoms with Crippen molar-refractivity contribution in [3.63, 3.8) is 0 Å². The van der Waals surface area contributed by atoms with Gasteiger partial charge in [-0.3, -0.25) is 4.98 Å². The lowest BCUT2D eigenvalue weighted by molar-refractivity contribution is 0.387. The number of methoxy groups -OCH3 is 1. The van der Waals surface area contributed by atoms with Crippen LogP contribution in [0.4, 0.5) is 4.39 Å². The van der Waals surface area contributed by atoms with Crippen LogP contribution in [0.15, 0.2) is 24.4 Å². The molecule has 1 aromatic carbocycles. The highest BCUT2D eigenvalue weighted by Gasteiger charge is 2.05. The molecule has 0 radical (unpaired) electrons. The van der Waals surface area contributed by atoms with Crippen LogP contribution >= 0.6 is 11.6 Å². The fourth-order valence-electron chi connectivity index (χ4n) is 1.26. The minimum atomic E-state index is -0.421. The molecule has 72 valence electrons. The predicted molar refractivity (Wildman–Crippen MR) is 53.3 cm³/mol. The molecule has 0 aliphatic rings. The Labute approximate surface area is 85.3 Å². The van der Waals surface area contributed by atoms with Crippen LogP contribution in [0.25, 0.3) is 10.9 Å². The molecule has 0 saturated carbocycles. The highest BCUT2D eigenvalue weighted by atomic mass is 35.5. The summed E-state index contributed by atoms with van der Waals surface area (Å²) in [5, 5.41) is 1.28. The number of pyridine rings is 1. The van der Waals surface area contributed by atoms with Gasteiger partial charge in [-0.05, 0) is 12.1 Å². The van der Waals surface area contributed by atoms with Gasteiger partial charge in [-0.2, -0.15) is 0 Å². The molecule has 0 amide bonds. The van der Waals surface area contributed by atoms with Crippen LogP contribution in [-0.2, 0) is 0 Å². The van der Waals surface area contributed by atoms with Gasteiger partial charge in [0, 0.05) is 17.6 Å². The molecule has 0 bridgehead atoms. The lowest BCUT2D eigenvalue weighted by atomic mass is 10.2. The minimum Gasteiger partial charge on any atom is -0.494 e. The Balaban J connectivity index is 2.73. The lowest BCUT2D eigenvalue weighted by Gasteiger charge is -2.03. The van der Waals surface area contributed by atoms with E-state index < -0.39 is 5.82 Å². The average molecular weight is 212 g/mol. The Bertz CT molecular complexity index is 487. The molecule has 2 nitrogen and oxygen atoms in total. The molecule has 0 aliphatic carbocycles. The van der Waals surface area contributed by atoms with Gasteiger partial charge in [-0.15, -0.1) is 0 Å². The summed E-state index contributed by atoms with van der Waals surface area (Å²) in [5.41, 5.74) is 0.563. The molecule has 0 unspecified atom stereocenters. The van der Waals surface area contributed by atoms with Gasteiger partial charge < -0.3 is 4.74 Å². The third-order valence-corrected chi connectivity index (χ3v) is 2.13. The zero-order chi connectivity index (χ0) is 10.1. The molecule has 0 atom stereocenters. The number of nitrogens with zero attached hydrogens (tertiary/aromatic N) is 1. The van der Waals surface area contributed by atoms with E-state index in [0.29, 0.717) is 10.5 Å². The third-order valence-electron chi connectivity index (χ3n) is 1.92. The molecule has 0 saturated heterocycles. The molecule has 14 heavy (non-hydrogen) atoms. The number of aromatic nitrogens is 1. The number of ether oxygens (including phenoxy) is 1. The first kappa shape index (κ1) is 9.21. The molecule has 1 aromatic heterocycles. The Morgan fingerprint density at radius 3 is 2.86 bits per heavy atom. The maximum atomic E-state index is 13.2. The highest BCUT2D eigenvalue weighted by molar-refractivity contribution is 6.31. The van der Waals surface area contributed by atoms with Gasteiger partial charge in [-0.25, -0.2) is 4.39 Å². The first-order valence-corrected chi connectivity index (χ1v) is 4.37. The summed E-state index contributed by atoms with van der Waals surface area (Å²) in [6.45, 7) is 0. The second kappa shape index (κ2) is 3.42. The van der Waals surface area contributed by atoms with Gasteiger partial charge in [0.2, 0.25) is 0 Å². The van der Waals surface area contributed by atoms with Crippen molar-refractivity contribution in [1.82, 2.24) is 4.98 Å². The summed E-state index contributed by atoms with van der Waals surface area (Å²) in [6.07, 6.45) is 1.48. The Hall–Kier alpha value is -1.35. The lowest BCUT2D eigenvalue weighted by Crippen LogP contribution is -1.89. The number of hydrogen-bond donors (Lipinski definition) is 0. The second-order valence-corrected chi connectivity index (χ2v) is 3.27. The normalized spacial score (nSPS) is 10.5. The van der Waals surface area contributed by atoms with E-state index in [1.54, 1.807) is 12.1 Å². The van der Waals surface area contributed by atoms with Crippen molar-refractivity contribution in [2.24, 2.45) is 0 Å². The fourth-order valence-corrected chi connectivity index (χ4v) is 1.43. The molecular formula is C10H7ClFNO. The largest absolute Gasteiger partial charge is 0.494 e. The number of halogens is 2. The maximum Gasteiger partial charge on any atom is 0.167 e. The molecule has 4 heteroatoms. The Morgan fingerprint density at radius 2 is 2.14 bits per heavy atom. The molecule has 2 aromatic rings. The zero-order valence-corrected chi connectivity index (χ0v) is 8.18. The van der Waals surface area contributed by atoms with E-state index in [4.69, 9.17) is 16.3 Å². The quantitative estimate of drug-likeness (QED) is 0.723. The monoisotopic (exact) mass is 211 g/mol. The van der Waals surface area contributed by atoms with E-state index in [9.17, 15) is 4.39 Å². The van der Waals surface area contributed by atoms with Crippen molar-refractivity contribution in [3.05, 3.63) is 35.2 Å². The van der Waals surface area contributed by atoms with E-state index in [-0.39, 0.29) is 5.75 Å². The van der Waals surface area contributed by atoms with E-state index in [1.165, 1.54) is 19.4 Å². The van der Waals surface area contributed by atoms with Crippen molar-refractivity contribution >= 4 is 22.5 Å². The first-order valence-electron chi connectivity index (χ1n) is 3.99. The molecular weight excluding hydrogens is 205 g/mol. The van der Waals surface area contributed by atoms with Crippen molar-refractivity contribution < 1.29 is 9.13 Å². The maximum absolute atomic E-state index is 13.2. The van der Waals surface area contributed by atoms with Crippen LogP contribution < -0.4 is 4.74 Å². The van der Waals surface area contributed by atoms with Crippen molar-refractivity contribution in [3.8, 4) is 5.75 Å². The topological polar surface area (TPSA) is 22.1 Å².